The number of methoxy groups -OCH3 is 1. The molecular formula is C22H27N3O3. The number of hydrogen-bond donors (Lipinski definition) is 1. The fraction of sp³-hybridized carbons (Fsp3) is 0.364. The zero-order valence-corrected chi connectivity index (χ0v) is 16.4. The van der Waals surface area contributed by atoms with Crippen LogP contribution in [-0.4, -0.2) is 54.9 Å². The van der Waals surface area contributed by atoms with Crippen molar-refractivity contribution in [1.82, 2.24) is 9.80 Å². The van der Waals surface area contributed by atoms with Gasteiger partial charge in [-0.05, 0) is 29.8 Å². The Hall–Kier alpha value is -2.86. The van der Waals surface area contributed by atoms with E-state index in [0.717, 1.165) is 11.3 Å². The third kappa shape index (κ3) is 4.34. The van der Waals surface area contributed by atoms with Gasteiger partial charge in [-0.1, -0.05) is 37.3 Å². The minimum Gasteiger partial charge on any atom is -0.497 e. The lowest BCUT2D eigenvalue weighted by Crippen LogP contribution is -2.52. The van der Waals surface area contributed by atoms with Crippen molar-refractivity contribution in [2.24, 2.45) is 11.7 Å². The van der Waals surface area contributed by atoms with Crippen LogP contribution in [0.3, 0.4) is 0 Å². The Balaban J connectivity index is 1.56. The van der Waals surface area contributed by atoms with Gasteiger partial charge in [0.2, 0.25) is 5.91 Å². The molecule has 2 unspecified atom stereocenters. The molecule has 0 saturated carbocycles. The molecule has 6 nitrogen and oxygen atoms in total. The van der Waals surface area contributed by atoms with E-state index in [1.807, 2.05) is 42.2 Å². The summed E-state index contributed by atoms with van der Waals surface area (Å²) in [5.41, 5.74) is 7.88. The van der Waals surface area contributed by atoms with Gasteiger partial charge in [-0.3, -0.25) is 9.59 Å². The van der Waals surface area contributed by atoms with Crippen LogP contribution in [0.5, 0.6) is 5.75 Å². The molecule has 3 rings (SSSR count). The molecule has 0 radical (unpaired) electrons. The van der Waals surface area contributed by atoms with E-state index in [9.17, 15) is 9.59 Å². The van der Waals surface area contributed by atoms with E-state index in [0.29, 0.717) is 31.7 Å². The number of carbonyl (C=O) groups is 2. The Kier molecular flexibility index (Phi) is 6.31. The molecule has 0 aromatic heterocycles. The van der Waals surface area contributed by atoms with Gasteiger partial charge in [-0.2, -0.15) is 0 Å². The largest absolute Gasteiger partial charge is 0.497 e. The Morgan fingerprint density at radius 1 is 0.929 bits per heavy atom. The fourth-order valence-corrected chi connectivity index (χ4v) is 3.45. The zero-order chi connectivity index (χ0) is 20.1. The summed E-state index contributed by atoms with van der Waals surface area (Å²) in [6.45, 7) is 3.95. The summed E-state index contributed by atoms with van der Waals surface area (Å²) < 4.78 is 5.13. The molecular weight excluding hydrogens is 354 g/mol. The van der Waals surface area contributed by atoms with Crippen molar-refractivity contribution in [1.29, 1.82) is 0 Å². The van der Waals surface area contributed by atoms with Gasteiger partial charge in [-0.25, -0.2) is 0 Å². The SMILES string of the molecule is COc1ccc(C(=O)N2CCN(C(=O)C(C)C(N)c3ccccc3)CC2)cc1. The van der Waals surface area contributed by atoms with E-state index < -0.39 is 0 Å². The summed E-state index contributed by atoms with van der Waals surface area (Å²) in [7, 11) is 1.59. The molecule has 2 aromatic rings. The number of hydrogen-bond acceptors (Lipinski definition) is 4. The molecule has 2 amide bonds. The second kappa shape index (κ2) is 8.89. The van der Waals surface area contributed by atoms with Crippen molar-refractivity contribution >= 4 is 11.8 Å². The van der Waals surface area contributed by atoms with E-state index in [-0.39, 0.29) is 23.8 Å². The van der Waals surface area contributed by atoms with Crippen molar-refractivity contribution in [3.8, 4) is 5.75 Å². The standard InChI is InChI=1S/C22H27N3O3/c1-16(20(23)17-6-4-3-5-7-17)21(26)24-12-14-25(15-13-24)22(27)18-8-10-19(28-2)11-9-18/h3-11,16,20H,12-15,23H2,1-2H3. The molecule has 1 fully saturated rings. The van der Waals surface area contributed by atoms with Gasteiger partial charge in [0.25, 0.3) is 5.91 Å². The van der Waals surface area contributed by atoms with E-state index in [2.05, 4.69) is 0 Å². The van der Waals surface area contributed by atoms with Crippen LogP contribution in [-0.2, 0) is 4.79 Å². The first-order valence-corrected chi connectivity index (χ1v) is 9.54. The van der Waals surface area contributed by atoms with Crippen LogP contribution in [0.2, 0.25) is 0 Å². The van der Waals surface area contributed by atoms with Gasteiger partial charge in [0.15, 0.2) is 0 Å². The molecule has 1 heterocycles. The minimum absolute atomic E-state index is 0.0243. The summed E-state index contributed by atoms with van der Waals surface area (Å²) in [5, 5.41) is 0. The summed E-state index contributed by atoms with van der Waals surface area (Å²) in [4.78, 5) is 29.1. The highest BCUT2D eigenvalue weighted by Gasteiger charge is 2.30. The van der Waals surface area contributed by atoms with E-state index in [4.69, 9.17) is 10.5 Å². The van der Waals surface area contributed by atoms with Crippen LogP contribution in [0.15, 0.2) is 54.6 Å². The third-order valence-corrected chi connectivity index (χ3v) is 5.33. The normalized spacial score (nSPS) is 16.4. The smallest absolute Gasteiger partial charge is 0.253 e. The van der Waals surface area contributed by atoms with Gasteiger partial charge in [-0.15, -0.1) is 0 Å². The molecule has 1 aliphatic heterocycles. The van der Waals surface area contributed by atoms with E-state index >= 15 is 0 Å². The predicted octanol–water partition coefficient (Wildman–Crippen LogP) is 2.32. The first-order valence-electron chi connectivity index (χ1n) is 9.54. The predicted molar refractivity (Wildman–Crippen MR) is 108 cm³/mol. The van der Waals surface area contributed by atoms with Crippen LogP contribution in [0.4, 0.5) is 0 Å². The molecule has 0 bridgehead atoms. The Bertz CT molecular complexity index is 800. The van der Waals surface area contributed by atoms with Gasteiger partial charge >= 0.3 is 0 Å². The monoisotopic (exact) mass is 381 g/mol. The summed E-state index contributed by atoms with van der Waals surface area (Å²) in [6.07, 6.45) is 0. The molecule has 0 spiro atoms. The molecule has 148 valence electrons. The maximum absolute atomic E-state index is 12.9. The number of rotatable bonds is 5. The topological polar surface area (TPSA) is 75.9 Å². The van der Waals surface area contributed by atoms with Crippen molar-refractivity contribution in [3.63, 3.8) is 0 Å². The van der Waals surface area contributed by atoms with Gasteiger partial charge in [0.1, 0.15) is 5.75 Å². The van der Waals surface area contributed by atoms with E-state index in [1.54, 1.807) is 36.3 Å². The van der Waals surface area contributed by atoms with Crippen molar-refractivity contribution in [2.45, 2.75) is 13.0 Å². The van der Waals surface area contributed by atoms with Crippen LogP contribution in [0, 0.1) is 5.92 Å². The average Bonchev–Trinajstić information content (AvgIpc) is 2.78. The number of amides is 2. The highest BCUT2D eigenvalue weighted by Crippen LogP contribution is 2.22. The van der Waals surface area contributed by atoms with Gasteiger partial charge in [0, 0.05) is 37.8 Å². The minimum atomic E-state index is -0.340. The number of ether oxygens (including phenoxy) is 1. The maximum atomic E-state index is 12.9. The molecule has 6 heteroatoms. The lowest BCUT2D eigenvalue weighted by Gasteiger charge is -2.37. The first kappa shape index (κ1) is 19.9. The number of nitrogens with zero attached hydrogens (tertiary/aromatic N) is 2. The number of piperazine rings is 1. The second-order valence-electron chi connectivity index (χ2n) is 7.07. The van der Waals surface area contributed by atoms with Crippen LogP contribution < -0.4 is 10.5 Å². The Morgan fingerprint density at radius 2 is 1.50 bits per heavy atom. The highest BCUT2D eigenvalue weighted by atomic mass is 16.5. The molecule has 28 heavy (non-hydrogen) atoms. The fourth-order valence-electron chi connectivity index (χ4n) is 3.45. The first-order chi connectivity index (χ1) is 13.5. The lowest BCUT2D eigenvalue weighted by molar-refractivity contribution is -0.137. The zero-order valence-electron chi connectivity index (χ0n) is 16.4. The Labute approximate surface area is 165 Å². The van der Waals surface area contributed by atoms with E-state index in [1.165, 1.54) is 0 Å². The van der Waals surface area contributed by atoms with Crippen molar-refractivity contribution in [3.05, 3.63) is 65.7 Å². The number of carbonyl (C=O) groups excluding carboxylic acids is 2. The lowest BCUT2D eigenvalue weighted by atomic mass is 9.94. The van der Waals surface area contributed by atoms with Crippen LogP contribution >= 0.6 is 0 Å². The van der Waals surface area contributed by atoms with Crippen LogP contribution in [0.25, 0.3) is 0 Å². The van der Waals surface area contributed by atoms with Gasteiger partial charge in [0.05, 0.1) is 13.0 Å². The summed E-state index contributed by atoms with van der Waals surface area (Å²) in [5.74, 6) is 0.415. The van der Waals surface area contributed by atoms with Gasteiger partial charge < -0.3 is 20.3 Å². The average molecular weight is 381 g/mol. The second-order valence-corrected chi connectivity index (χ2v) is 7.07. The molecule has 0 aliphatic carbocycles. The number of nitrogens with two attached hydrogens (primary N) is 1. The molecule has 2 aromatic carbocycles. The highest BCUT2D eigenvalue weighted by molar-refractivity contribution is 5.94. The van der Waals surface area contributed by atoms with Crippen molar-refractivity contribution < 1.29 is 14.3 Å². The summed E-state index contributed by atoms with van der Waals surface area (Å²) in [6, 6.07) is 16.4. The molecule has 2 N–H and O–H groups in total. The Morgan fingerprint density at radius 3 is 2.07 bits per heavy atom. The quantitative estimate of drug-likeness (QED) is 0.862. The number of benzene rings is 2. The third-order valence-electron chi connectivity index (χ3n) is 5.33. The maximum Gasteiger partial charge on any atom is 0.253 e. The van der Waals surface area contributed by atoms with Crippen LogP contribution in [0.1, 0.15) is 28.9 Å². The molecule has 2 atom stereocenters. The summed E-state index contributed by atoms with van der Waals surface area (Å²) >= 11 is 0. The molecule has 1 saturated heterocycles. The molecule has 1 aliphatic rings. The van der Waals surface area contributed by atoms with Crippen molar-refractivity contribution in [2.75, 3.05) is 33.3 Å².